The molecule has 0 spiro atoms. The number of piperidine rings is 1. The van der Waals surface area contributed by atoms with Gasteiger partial charge in [-0.05, 0) is 63.0 Å². The Balaban J connectivity index is 1.70. The number of para-hydroxylation sites is 1. The van der Waals surface area contributed by atoms with Crippen LogP contribution in [0.4, 0.5) is 0 Å². The molecule has 2 aromatic heterocycles. The highest BCUT2D eigenvalue weighted by atomic mass is 32.1. The summed E-state index contributed by atoms with van der Waals surface area (Å²) >= 11 is 1.32. The Kier molecular flexibility index (Phi) is 6.10. The highest BCUT2D eigenvalue weighted by Gasteiger charge is 2.28. The minimum atomic E-state index is -0.725. The first-order valence-corrected chi connectivity index (χ1v) is 12.3. The molecular formula is C26H26N2O5S. The fourth-order valence-electron chi connectivity index (χ4n) is 4.41. The van der Waals surface area contributed by atoms with E-state index in [1.165, 1.54) is 17.4 Å². The van der Waals surface area contributed by atoms with E-state index in [2.05, 4.69) is 16.8 Å². The van der Waals surface area contributed by atoms with Crippen LogP contribution >= 0.6 is 11.3 Å². The lowest BCUT2D eigenvalue weighted by atomic mass is 9.98. The summed E-state index contributed by atoms with van der Waals surface area (Å²) in [7, 11) is 0. The molecule has 1 N–H and O–H groups in total. The number of benzene rings is 2. The van der Waals surface area contributed by atoms with Crippen molar-refractivity contribution in [3.8, 4) is 16.3 Å². The number of hydrogen-bond acceptors (Lipinski definition) is 8. The number of hydrogen-bond donors (Lipinski definition) is 1. The van der Waals surface area contributed by atoms with Crippen molar-refractivity contribution in [3.05, 3.63) is 57.9 Å². The molecule has 4 aromatic rings. The SMILES string of the molecule is CCOC(=O)c1oc2c(CN3CCC(C)CC3)c(O)ccc2c(=O)c1-c1nc2ccccc2s1. The number of carbonyl (C=O) groups excluding carboxylic acids is 1. The summed E-state index contributed by atoms with van der Waals surface area (Å²) in [6, 6.07) is 10.6. The van der Waals surface area contributed by atoms with Crippen LogP contribution in [0.1, 0.15) is 42.8 Å². The average molecular weight is 479 g/mol. The van der Waals surface area contributed by atoms with Crippen LogP contribution in [0.3, 0.4) is 0 Å². The zero-order valence-electron chi connectivity index (χ0n) is 19.2. The van der Waals surface area contributed by atoms with Gasteiger partial charge in [-0.25, -0.2) is 9.78 Å². The lowest BCUT2D eigenvalue weighted by Gasteiger charge is -2.30. The summed E-state index contributed by atoms with van der Waals surface area (Å²) in [6.07, 6.45) is 2.15. The van der Waals surface area contributed by atoms with Gasteiger partial charge in [0, 0.05) is 6.54 Å². The fourth-order valence-corrected chi connectivity index (χ4v) is 5.42. The molecule has 0 atom stereocenters. The van der Waals surface area contributed by atoms with Gasteiger partial charge in [0.2, 0.25) is 11.2 Å². The molecule has 8 heteroatoms. The first-order valence-electron chi connectivity index (χ1n) is 11.5. The van der Waals surface area contributed by atoms with E-state index in [9.17, 15) is 14.7 Å². The Hall–Kier alpha value is -3.23. The van der Waals surface area contributed by atoms with Gasteiger partial charge in [0.15, 0.2) is 0 Å². The number of aromatic hydroxyl groups is 1. The minimum absolute atomic E-state index is 0.0387. The third kappa shape index (κ3) is 4.08. The number of aromatic nitrogens is 1. The lowest BCUT2D eigenvalue weighted by Crippen LogP contribution is -2.32. The number of phenols is 1. The lowest BCUT2D eigenvalue weighted by molar-refractivity contribution is 0.0492. The van der Waals surface area contributed by atoms with Gasteiger partial charge in [-0.2, -0.15) is 0 Å². The van der Waals surface area contributed by atoms with Gasteiger partial charge in [-0.1, -0.05) is 19.1 Å². The van der Waals surface area contributed by atoms with Crippen molar-refractivity contribution in [3.63, 3.8) is 0 Å². The number of rotatable bonds is 5. The molecule has 34 heavy (non-hydrogen) atoms. The zero-order chi connectivity index (χ0) is 23.8. The van der Waals surface area contributed by atoms with Crippen LogP contribution < -0.4 is 5.43 Å². The molecule has 176 valence electrons. The predicted octanol–water partition coefficient (Wildman–Crippen LogP) is 5.18. The molecule has 0 radical (unpaired) electrons. The van der Waals surface area contributed by atoms with Gasteiger partial charge in [-0.15, -0.1) is 11.3 Å². The number of thiazole rings is 1. The van der Waals surface area contributed by atoms with E-state index in [1.54, 1.807) is 13.0 Å². The van der Waals surface area contributed by atoms with Gasteiger partial charge in [-0.3, -0.25) is 9.69 Å². The summed E-state index contributed by atoms with van der Waals surface area (Å²) in [4.78, 5) is 33.5. The number of fused-ring (bicyclic) bond motifs is 2. The molecule has 1 saturated heterocycles. The van der Waals surface area contributed by atoms with Gasteiger partial charge in [0.25, 0.3) is 0 Å². The quantitative estimate of drug-likeness (QED) is 0.395. The van der Waals surface area contributed by atoms with Crippen molar-refractivity contribution in [2.75, 3.05) is 19.7 Å². The second-order valence-corrected chi connectivity index (χ2v) is 9.77. The Bertz CT molecular complexity index is 1400. The van der Waals surface area contributed by atoms with Gasteiger partial charge in [0.1, 0.15) is 21.9 Å². The maximum absolute atomic E-state index is 13.7. The predicted molar refractivity (Wildman–Crippen MR) is 132 cm³/mol. The molecule has 1 aliphatic heterocycles. The van der Waals surface area contributed by atoms with Crippen LogP contribution in [-0.2, 0) is 11.3 Å². The number of esters is 1. The van der Waals surface area contributed by atoms with E-state index < -0.39 is 5.97 Å². The van der Waals surface area contributed by atoms with Crippen molar-refractivity contribution >= 4 is 38.5 Å². The monoisotopic (exact) mass is 478 g/mol. The van der Waals surface area contributed by atoms with Crippen molar-refractivity contribution in [2.45, 2.75) is 33.2 Å². The highest BCUT2D eigenvalue weighted by molar-refractivity contribution is 7.21. The molecule has 0 saturated carbocycles. The third-order valence-electron chi connectivity index (χ3n) is 6.37. The van der Waals surface area contributed by atoms with Crippen molar-refractivity contribution in [1.29, 1.82) is 0 Å². The van der Waals surface area contributed by atoms with Crippen molar-refractivity contribution < 1.29 is 19.1 Å². The number of nitrogens with zero attached hydrogens (tertiary/aromatic N) is 2. The maximum atomic E-state index is 13.7. The van der Waals surface area contributed by atoms with Crippen LogP contribution in [0, 0.1) is 5.92 Å². The Morgan fingerprint density at radius 2 is 2.00 bits per heavy atom. The van der Waals surface area contributed by atoms with E-state index in [-0.39, 0.29) is 34.7 Å². The molecular weight excluding hydrogens is 452 g/mol. The normalized spacial score (nSPS) is 15.2. The highest BCUT2D eigenvalue weighted by Crippen LogP contribution is 2.35. The first kappa shape index (κ1) is 22.6. The first-order chi connectivity index (χ1) is 16.5. The van der Waals surface area contributed by atoms with E-state index in [4.69, 9.17) is 9.15 Å². The smallest absolute Gasteiger partial charge is 0.375 e. The fraction of sp³-hybridized carbons (Fsp3) is 0.346. The van der Waals surface area contributed by atoms with Gasteiger partial charge >= 0.3 is 5.97 Å². The van der Waals surface area contributed by atoms with E-state index in [0.29, 0.717) is 28.4 Å². The molecule has 5 rings (SSSR count). The second kappa shape index (κ2) is 9.19. The van der Waals surface area contributed by atoms with E-state index in [0.717, 1.165) is 36.1 Å². The molecule has 0 aliphatic carbocycles. The summed E-state index contributed by atoms with van der Waals surface area (Å²) < 4.78 is 12.3. The summed E-state index contributed by atoms with van der Waals surface area (Å²) in [5.74, 6) is -0.201. The zero-order valence-corrected chi connectivity index (χ0v) is 20.0. The molecule has 3 heterocycles. The van der Waals surface area contributed by atoms with Crippen LogP contribution in [0.5, 0.6) is 5.75 Å². The molecule has 2 aromatic carbocycles. The average Bonchev–Trinajstić information content (AvgIpc) is 3.26. The van der Waals surface area contributed by atoms with E-state index in [1.807, 2.05) is 24.3 Å². The van der Waals surface area contributed by atoms with Crippen molar-refractivity contribution in [1.82, 2.24) is 9.88 Å². The topological polar surface area (TPSA) is 92.9 Å². The van der Waals surface area contributed by atoms with Crippen LogP contribution in [0.2, 0.25) is 0 Å². The van der Waals surface area contributed by atoms with Gasteiger partial charge in [0.05, 0.1) is 27.8 Å². The van der Waals surface area contributed by atoms with Crippen LogP contribution in [0.25, 0.3) is 31.8 Å². The Morgan fingerprint density at radius 1 is 1.24 bits per heavy atom. The van der Waals surface area contributed by atoms with E-state index >= 15 is 0 Å². The molecule has 7 nitrogen and oxygen atoms in total. The Labute approximate surface area is 200 Å². The number of ether oxygens (including phenoxy) is 1. The summed E-state index contributed by atoms with van der Waals surface area (Å²) in [5.41, 5.74) is 1.19. The minimum Gasteiger partial charge on any atom is -0.507 e. The molecule has 0 unspecified atom stereocenters. The summed E-state index contributed by atoms with van der Waals surface area (Å²) in [6.45, 7) is 6.30. The third-order valence-corrected chi connectivity index (χ3v) is 7.42. The van der Waals surface area contributed by atoms with Crippen molar-refractivity contribution in [2.24, 2.45) is 5.92 Å². The number of phenolic OH excluding ortho intramolecular Hbond substituents is 1. The number of carbonyl (C=O) groups is 1. The largest absolute Gasteiger partial charge is 0.507 e. The number of likely N-dealkylation sites (tertiary alicyclic amines) is 1. The van der Waals surface area contributed by atoms with Crippen LogP contribution in [0.15, 0.2) is 45.6 Å². The van der Waals surface area contributed by atoms with Gasteiger partial charge < -0.3 is 14.3 Å². The van der Waals surface area contributed by atoms with Crippen LogP contribution in [-0.4, -0.2) is 40.7 Å². The standard InChI is InChI=1S/C26H26N2O5S/c1-3-32-26(31)24-21(25-27-18-6-4-5-7-20(18)34-25)22(30)16-8-9-19(29)17(23(16)33-24)14-28-12-10-15(2)11-13-28/h4-9,15,29H,3,10-14H2,1-2H3. The Morgan fingerprint density at radius 3 is 2.74 bits per heavy atom. The maximum Gasteiger partial charge on any atom is 0.375 e. The summed E-state index contributed by atoms with van der Waals surface area (Å²) in [5, 5.41) is 11.4. The second-order valence-electron chi connectivity index (χ2n) is 8.74. The molecule has 1 fully saturated rings. The molecule has 0 amide bonds. The molecule has 0 bridgehead atoms. The molecule has 1 aliphatic rings.